The molecule has 2 unspecified atom stereocenters. The van der Waals surface area contributed by atoms with Crippen LogP contribution < -0.4 is 0 Å². The third kappa shape index (κ3) is 3.65. The first-order chi connectivity index (χ1) is 15.8. The fourth-order valence-corrected chi connectivity index (χ4v) is 25.3. The predicted molar refractivity (Wildman–Crippen MR) is 143 cm³/mol. The van der Waals surface area contributed by atoms with Crippen LogP contribution in [-0.2, 0) is 20.4 Å². The molecule has 0 saturated heterocycles. The summed E-state index contributed by atoms with van der Waals surface area (Å²) in [5, 5.41) is 2.75. The van der Waals surface area contributed by atoms with Crippen LogP contribution in [0.3, 0.4) is 0 Å². The molecular formula is C31H34SiZr. The van der Waals surface area contributed by atoms with E-state index in [4.69, 9.17) is 0 Å². The Balaban J connectivity index is 1.82. The zero-order valence-corrected chi connectivity index (χ0v) is 24.5. The van der Waals surface area contributed by atoms with Crippen molar-refractivity contribution >= 4 is 19.5 Å². The van der Waals surface area contributed by atoms with Gasteiger partial charge in [-0.25, -0.2) is 0 Å². The van der Waals surface area contributed by atoms with Gasteiger partial charge in [0.2, 0.25) is 0 Å². The van der Waals surface area contributed by atoms with Crippen LogP contribution in [0, 0.1) is 5.92 Å². The Morgan fingerprint density at radius 2 is 1.33 bits per heavy atom. The monoisotopic (exact) mass is 524 g/mol. The molecule has 3 aromatic rings. The molecule has 0 saturated carbocycles. The molecule has 166 valence electrons. The van der Waals surface area contributed by atoms with Gasteiger partial charge in [-0.2, -0.15) is 0 Å². The van der Waals surface area contributed by atoms with E-state index in [1.807, 2.05) is 6.56 Å². The van der Waals surface area contributed by atoms with Gasteiger partial charge in [-0.05, 0) is 0 Å². The van der Waals surface area contributed by atoms with Crippen LogP contribution in [0.5, 0.6) is 0 Å². The number of rotatable bonds is 3. The average molecular weight is 526 g/mol. The van der Waals surface area contributed by atoms with Gasteiger partial charge in [0.15, 0.2) is 0 Å². The normalized spacial score (nSPS) is 20.2. The van der Waals surface area contributed by atoms with E-state index in [-0.39, 0.29) is 0 Å². The van der Waals surface area contributed by atoms with Crippen LogP contribution in [0.2, 0.25) is 13.1 Å². The van der Waals surface area contributed by atoms with Gasteiger partial charge in [0.1, 0.15) is 0 Å². The molecule has 0 radical (unpaired) electrons. The SMILES string of the molecule is CC1=C(C)C(C)[C]([Zr]([C]2=C(C)C(c3ccccc3)c3cc4ccccc4cc32)=[Si](C)C)=C1C. The minimum atomic E-state index is -2.09. The van der Waals surface area contributed by atoms with Crippen molar-refractivity contribution in [3.8, 4) is 0 Å². The summed E-state index contributed by atoms with van der Waals surface area (Å²) in [5.41, 5.74) is 10.6. The molecule has 2 aliphatic rings. The van der Waals surface area contributed by atoms with Gasteiger partial charge in [-0.15, -0.1) is 0 Å². The molecule has 2 heteroatoms. The van der Waals surface area contributed by atoms with Crippen molar-refractivity contribution in [1.29, 1.82) is 0 Å². The summed E-state index contributed by atoms with van der Waals surface area (Å²) in [6, 6.07) is 25.2. The maximum absolute atomic E-state index is 2.60. The van der Waals surface area contributed by atoms with Gasteiger partial charge in [0.25, 0.3) is 0 Å². The molecule has 0 nitrogen and oxygen atoms in total. The zero-order chi connectivity index (χ0) is 23.4. The number of hydrogen-bond acceptors (Lipinski definition) is 0. The Labute approximate surface area is 207 Å². The summed E-state index contributed by atoms with van der Waals surface area (Å²) in [7, 11) is 0. The second-order valence-corrected chi connectivity index (χ2v) is 26.9. The Kier molecular flexibility index (Phi) is 6.13. The topological polar surface area (TPSA) is 0 Å². The molecule has 0 bridgehead atoms. The molecule has 0 N–H and O–H groups in total. The molecule has 0 amide bonds. The second-order valence-electron chi connectivity index (χ2n) is 10.1. The summed E-state index contributed by atoms with van der Waals surface area (Å²) in [6.07, 6.45) is 0. The van der Waals surface area contributed by atoms with Gasteiger partial charge in [-0.1, -0.05) is 0 Å². The molecule has 2 aliphatic carbocycles. The van der Waals surface area contributed by atoms with Crippen LogP contribution >= 0.6 is 0 Å². The Hall–Kier alpha value is -1.76. The minimum absolute atomic E-state index is 0.394. The van der Waals surface area contributed by atoms with Crippen LogP contribution in [0.4, 0.5) is 0 Å². The molecule has 0 aliphatic heterocycles. The number of hydrogen-bond donors (Lipinski definition) is 0. The molecule has 3 aromatic carbocycles. The Morgan fingerprint density at radius 1 is 0.727 bits per heavy atom. The van der Waals surface area contributed by atoms with Gasteiger partial charge in [0, 0.05) is 0 Å². The van der Waals surface area contributed by atoms with E-state index in [1.165, 1.54) is 16.3 Å². The van der Waals surface area contributed by atoms with Crippen molar-refractivity contribution in [1.82, 2.24) is 0 Å². The summed E-state index contributed by atoms with van der Waals surface area (Å²) in [6.45, 7) is 17.3. The third-order valence-electron chi connectivity index (χ3n) is 8.12. The van der Waals surface area contributed by atoms with E-state index in [0.29, 0.717) is 11.8 Å². The van der Waals surface area contributed by atoms with E-state index >= 15 is 0 Å². The molecule has 2 atom stereocenters. The molecule has 33 heavy (non-hydrogen) atoms. The predicted octanol–water partition coefficient (Wildman–Crippen LogP) is 8.85. The molecular weight excluding hydrogens is 492 g/mol. The maximum atomic E-state index is 2.60. The van der Waals surface area contributed by atoms with E-state index in [1.54, 1.807) is 33.4 Å². The third-order valence-corrected chi connectivity index (χ3v) is 25.7. The van der Waals surface area contributed by atoms with Gasteiger partial charge >= 0.3 is 208 Å². The van der Waals surface area contributed by atoms with Crippen LogP contribution in [0.1, 0.15) is 57.2 Å². The summed E-state index contributed by atoms with van der Waals surface area (Å²) < 4.78 is 3.70. The van der Waals surface area contributed by atoms with Gasteiger partial charge in [-0.3, -0.25) is 0 Å². The number of fused-ring (bicyclic) bond motifs is 2. The Morgan fingerprint density at radius 3 is 1.91 bits per heavy atom. The van der Waals surface area contributed by atoms with Crippen molar-refractivity contribution in [2.75, 3.05) is 0 Å². The average Bonchev–Trinajstić information content (AvgIpc) is 3.19. The van der Waals surface area contributed by atoms with Crippen molar-refractivity contribution in [3.63, 3.8) is 0 Å². The fourth-order valence-electron chi connectivity index (χ4n) is 6.13. The number of allylic oxidation sites excluding steroid dienone is 5. The van der Waals surface area contributed by atoms with Crippen LogP contribution in [0.25, 0.3) is 14.1 Å². The fraction of sp³-hybridized carbons (Fsp3) is 0.290. The molecule has 0 fully saturated rings. The van der Waals surface area contributed by atoms with Gasteiger partial charge in [0.05, 0.1) is 0 Å². The van der Waals surface area contributed by atoms with Gasteiger partial charge < -0.3 is 0 Å². The summed E-state index contributed by atoms with van der Waals surface area (Å²) in [4.78, 5) is 0. The first-order valence-corrected chi connectivity index (χ1v) is 20.8. The van der Waals surface area contributed by atoms with Crippen molar-refractivity contribution < 1.29 is 20.4 Å². The second kappa shape index (κ2) is 8.79. The summed E-state index contributed by atoms with van der Waals surface area (Å²) in [5.74, 6) is 1.02. The molecule has 0 spiro atoms. The van der Waals surface area contributed by atoms with E-state index in [9.17, 15) is 0 Å². The first kappa shape index (κ1) is 23.0. The molecule has 0 aromatic heterocycles. The summed E-state index contributed by atoms with van der Waals surface area (Å²) >= 11 is -2.09. The number of benzene rings is 3. The zero-order valence-electron chi connectivity index (χ0n) is 21.0. The first-order valence-electron chi connectivity index (χ1n) is 12.2. The molecule has 5 rings (SSSR count). The van der Waals surface area contributed by atoms with E-state index < -0.39 is 25.8 Å². The quantitative estimate of drug-likeness (QED) is 0.300. The Bertz CT molecular complexity index is 1410. The van der Waals surface area contributed by atoms with Crippen LogP contribution in [0.15, 0.2) is 92.3 Å². The van der Waals surface area contributed by atoms with Crippen LogP contribution in [-0.4, -0.2) is 5.43 Å². The van der Waals surface area contributed by atoms with Crippen molar-refractivity contribution in [3.05, 3.63) is 109 Å². The van der Waals surface area contributed by atoms with E-state index in [0.717, 1.165) is 0 Å². The molecule has 0 heterocycles. The van der Waals surface area contributed by atoms with Crippen molar-refractivity contribution in [2.45, 2.75) is 53.6 Å². The van der Waals surface area contributed by atoms with E-state index in [2.05, 4.69) is 114 Å². The van der Waals surface area contributed by atoms with Crippen molar-refractivity contribution in [2.24, 2.45) is 5.92 Å². The standard InChI is InChI=1S/C20H15.C9H13.C2H6Si.Zr/c1-14-11-18-12-16-9-5-6-10-17(16)13-19(18)20(14)15-7-3-2-4-8-15;1-6-5-7(2)9(4)8(6)3;1-3-2;/h2-10,12-13,20H,1H3;6H,1-4H3;1-2H3;.